The maximum atomic E-state index is 6.09. The van der Waals surface area contributed by atoms with Crippen molar-refractivity contribution >= 4 is 23.8 Å². The first-order chi connectivity index (χ1) is 14.7. The molecule has 1 aromatic heterocycles. The predicted octanol–water partition coefficient (Wildman–Crippen LogP) is 7.38. The van der Waals surface area contributed by atoms with E-state index in [-0.39, 0.29) is 0 Å². The maximum Gasteiger partial charge on any atom is 0.135 e. The van der Waals surface area contributed by atoms with Gasteiger partial charge in [0.15, 0.2) is 0 Å². The Labute approximate surface area is 176 Å². The van der Waals surface area contributed by atoms with Crippen LogP contribution in [-0.4, -0.2) is 6.72 Å². The van der Waals surface area contributed by atoms with Gasteiger partial charge in [0.05, 0.1) is 6.54 Å². The summed E-state index contributed by atoms with van der Waals surface area (Å²) >= 11 is 0. The molecule has 4 aromatic rings. The molecule has 0 atom stereocenters. The minimum atomic E-state index is 0.656. The number of fused-ring (bicyclic) bond motifs is 4. The van der Waals surface area contributed by atoms with Crippen LogP contribution in [0.1, 0.15) is 28.0 Å². The molecule has 0 spiro atoms. The zero-order chi connectivity index (χ0) is 20.7. The largest absolute Gasteiger partial charge is 0.461 e. The van der Waals surface area contributed by atoms with Crippen LogP contribution >= 0.6 is 0 Å². The Kier molecular flexibility index (Phi) is 4.48. The number of nitrogens with zero attached hydrogens (tertiary/aromatic N) is 1. The standard InChI is InChI=1S/C28H23NO/c1-4-5-9-22-18(2)30-26-12-7-11-25(28(22)26)24-10-6-8-20-16-21-15-19(17-29-3)13-14-23(21)27(20)24/h4-15H,1,3,16-17H2,2H3/b9-5-. The van der Waals surface area contributed by atoms with E-state index in [1.54, 1.807) is 6.08 Å². The van der Waals surface area contributed by atoms with Crippen molar-refractivity contribution in [2.75, 3.05) is 0 Å². The lowest BCUT2D eigenvalue weighted by molar-refractivity contribution is 0.577. The van der Waals surface area contributed by atoms with E-state index in [1.165, 1.54) is 38.9 Å². The summed E-state index contributed by atoms with van der Waals surface area (Å²) in [6, 6.07) is 19.6. The highest BCUT2D eigenvalue weighted by Gasteiger charge is 2.24. The Balaban J connectivity index is 1.76. The number of furan rings is 1. The molecule has 0 aliphatic heterocycles. The summed E-state index contributed by atoms with van der Waals surface area (Å²) in [7, 11) is 0. The number of hydrogen-bond donors (Lipinski definition) is 0. The summed E-state index contributed by atoms with van der Waals surface area (Å²) in [6.45, 7) is 10.1. The highest BCUT2D eigenvalue weighted by atomic mass is 16.3. The van der Waals surface area contributed by atoms with Crippen LogP contribution in [0.25, 0.3) is 39.3 Å². The number of allylic oxidation sites excluding steroid dienone is 2. The van der Waals surface area contributed by atoms with Gasteiger partial charge in [-0.1, -0.05) is 73.3 Å². The van der Waals surface area contributed by atoms with Gasteiger partial charge in [-0.25, -0.2) is 0 Å². The second-order valence-electron chi connectivity index (χ2n) is 7.74. The third kappa shape index (κ3) is 2.84. The molecule has 30 heavy (non-hydrogen) atoms. The van der Waals surface area contributed by atoms with E-state index in [2.05, 4.69) is 72.9 Å². The minimum absolute atomic E-state index is 0.656. The van der Waals surface area contributed by atoms with Gasteiger partial charge in [0.25, 0.3) is 0 Å². The molecule has 0 fully saturated rings. The van der Waals surface area contributed by atoms with Gasteiger partial charge in [-0.3, -0.25) is 4.99 Å². The van der Waals surface area contributed by atoms with Gasteiger partial charge in [-0.15, -0.1) is 0 Å². The fourth-order valence-electron chi connectivity index (χ4n) is 4.64. The maximum absolute atomic E-state index is 6.09. The van der Waals surface area contributed by atoms with Crippen molar-refractivity contribution in [3.8, 4) is 22.3 Å². The Morgan fingerprint density at radius 1 is 1.00 bits per heavy atom. The number of aryl methyl sites for hydroxylation is 1. The van der Waals surface area contributed by atoms with E-state index >= 15 is 0 Å². The minimum Gasteiger partial charge on any atom is -0.461 e. The topological polar surface area (TPSA) is 25.5 Å². The lowest BCUT2D eigenvalue weighted by atomic mass is 9.91. The second kappa shape index (κ2) is 7.31. The van der Waals surface area contributed by atoms with Crippen molar-refractivity contribution in [2.24, 2.45) is 4.99 Å². The molecular formula is C28H23NO. The first kappa shape index (κ1) is 18.4. The van der Waals surface area contributed by atoms with Crippen molar-refractivity contribution < 1.29 is 4.42 Å². The van der Waals surface area contributed by atoms with Gasteiger partial charge in [0.1, 0.15) is 11.3 Å². The molecule has 1 aliphatic carbocycles. The van der Waals surface area contributed by atoms with Crippen molar-refractivity contribution in [1.82, 2.24) is 0 Å². The molecule has 0 unspecified atom stereocenters. The van der Waals surface area contributed by atoms with Crippen LogP contribution in [0.5, 0.6) is 0 Å². The zero-order valence-electron chi connectivity index (χ0n) is 17.1. The van der Waals surface area contributed by atoms with Gasteiger partial charge in [0.2, 0.25) is 0 Å². The summed E-state index contributed by atoms with van der Waals surface area (Å²) < 4.78 is 6.09. The van der Waals surface area contributed by atoms with Crippen LogP contribution in [0.3, 0.4) is 0 Å². The Hall–Kier alpha value is -3.65. The Morgan fingerprint density at radius 3 is 2.67 bits per heavy atom. The molecule has 1 heterocycles. The van der Waals surface area contributed by atoms with Gasteiger partial charge < -0.3 is 4.42 Å². The highest BCUT2D eigenvalue weighted by molar-refractivity contribution is 6.04. The first-order valence-corrected chi connectivity index (χ1v) is 10.2. The van der Waals surface area contributed by atoms with E-state index in [1.807, 2.05) is 19.1 Å². The van der Waals surface area contributed by atoms with Crippen molar-refractivity contribution in [1.29, 1.82) is 0 Å². The summed E-state index contributed by atoms with van der Waals surface area (Å²) in [5.41, 5.74) is 11.1. The SMILES string of the molecule is C=C/C=C\c1c(C)oc2cccc(-c3cccc4c3-c3ccc(CN=C)cc3C4)c12. The fourth-order valence-corrected chi connectivity index (χ4v) is 4.64. The molecule has 0 saturated carbocycles. The first-order valence-electron chi connectivity index (χ1n) is 10.2. The van der Waals surface area contributed by atoms with E-state index in [0.717, 1.165) is 28.7 Å². The number of benzene rings is 3. The van der Waals surface area contributed by atoms with E-state index in [4.69, 9.17) is 4.42 Å². The molecule has 0 N–H and O–H groups in total. The molecule has 0 bridgehead atoms. The predicted molar refractivity (Wildman–Crippen MR) is 127 cm³/mol. The molecule has 0 radical (unpaired) electrons. The van der Waals surface area contributed by atoms with Gasteiger partial charge in [0, 0.05) is 10.9 Å². The monoisotopic (exact) mass is 389 g/mol. The number of rotatable bonds is 5. The van der Waals surface area contributed by atoms with E-state index < -0.39 is 0 Å². The molecular weight excluding hydrogens is 366 g/mol. The molecule has 3 aromatic carbocycles. The van der Waals surface area contributed by atoms with Crippen molar-refractivity contribution in [2.45, 2.75) is 19.9 Å². The van der Waals surface area contributed by atoms with Crippen LogP contribution in [0, 0.1) is 6.92 Å². The molecule has 2 heteroatoms. The van der Waals surface area contributed by atoms with Crippen LogP contribution < -0.4 is 0 Å². The Morgan fingerprint density at radius 2 is 1.83 bits per heavy atom. The Bertz CT molecular complexity index is 1340. The van der Waals surface area contributed by atoms with Gasteiger partial charge in [-0.2, -0.15) is 0 Å². The van der Waals surface area contributed by atoms with Crippen molar-refractivity contribution in [3.05, 3.63) is 101 Å². The fraction of sp³-hybridized carbons (Fsp3) is 0.107. The normalized spacial score (nSPS) is 12.3. The summed E-state index contributed by atoms with van der Waals surface area (Å²) in [5.74, 6) is 0.921. The molecule has 0 saturated heterocycles. The highest BCUT2D eigenvalue weighted by Crippen LogP contribution is 2.46. The molecule has 146 valence electrons. The lowest BCUT2D eigenvalue weighted by Gasteiger charge is -2.12. The van der Waals surface area contributed by atoms with E-state index in [0.29, 0.717) is 6.54 Å². The summed E-state index contributed by atoms with van der Waals surface area (Å²) in [6.07, 6.45) is 6.80. The van der Waals surface area contributed by atoms with Crippen molar-refractivity contribution in [3.63, 3.8) is 0 Å². The smallest absolute Gasteiger partial charge is 0.135 e. The number of hydrogen-bond acceptors (Lipinski definition) is 2. The van der Waals surface area contributed by atoms with Gasteiger partial charge >= 0.3 is 0 Å². The van der Waals surface area contributed by atoms with Crippen LogP contribution in [0.4, 0.5) is 0 Å². The molecule has 2 nitrogen and oxygen atoms in total. The molecule has 0 amide bonds. The van der Waals surface area contributed by atoms with Crippen LogP contribution in [0.2, 0.25) is 0 Å². The molecule has 5 rings (SSSR count). The van der Waals surface area contributed by atoms with Crippen LogP contribution in [0.15, 0.2) is 82.7 Å². The second-order valence-corrected chi connectivity index (χ2v) is 7.74. The quantitative estimate of drug-likeness (QED) is 0.227. The zero-order valence-corrected chi connectivity index (χ0v) is 17.1. The summed E-state index contributed by atoms with van der Waals surface area (Å²) in [5, 5.41) is 1.16. The summed E-state index contributed by atoms with van der Waals surface area (Å²) in [4.78, 5) is 4.04. The number of aliphatic imine (C=N–C) groups is 1. The molecule has 1 aliphatic rings. The average Bonchev–Trinajstić information content (AvgIpc) is 3.28. The third-order valence-electron chi connectivity index (χ3n) is 5.89. The average molecular weight is 389 g/mol. The third-order valence-corrected chi connectivity index (χ3v) is 5.89. The van der Waals surface area contributed by atoms with Gasteiger partial charge in [-0.05, 0) is 65.1 Å². The lowest BCUT2D eigenvalue weighted by Crippen LogP contribution is -1.88. The van der Waals surface area contributed by atoms with E-state index in [9.17, 15) is 0 Å². The van der Waals surface area contributed by atoms with Crippen LogP contribution in [-0.2, 0) is 13.0 Å².